The van der Waals surface area contributed by atoms with Crippen LogP contribution in [0.4, 0.5) is 4.39 Å². The topological polar surface area (TPSA) is 20.2 Å². The molecule has 0 amide bonds. The van der Waals surface area contributed by atoms with E-state index in [-0.39, 0.29) is 5.82 Å². The van der Waals surface area contributed by atoms with Crippen molar-refractivity contribution in [2.24, 2.45) is 0 Å². The van der Waals surface area contributed by atoms with Crippen molar-refractivity contribution in [1.82, 2.24) is 0 Å². The Kier molecular flexibility index (Phi) is 3.83. The fourth-order valence-electron chi connectivity index (χ4n) is 1.95. The molecule has 0 spiro atoms. The molecule has 0 aromatic heterocycles. The number of aryl methyl sites for hydroxylation is 2. The average Bonchev–Trinajstić information content (AvgIpc) is 2.34. The zero-order valence-electron chi connectivity index (χ0n) is 10.2. The van der Waals surface area contributed by atoms with Crippen LogP contribution in [0.15, 0.2) is 40.9 Å². The van der Waals surface area contributed by atoms with E-state index < -0.39 is 6.10 Å². The van der Waals surface area contributed by atoms with Gasteiger partial charge in [0.2, 0.25) is 0 Å². The molecule has 1 unspecified atom stereocenters. The van der Waals surface area contributed by atoms with Crippen molar-refractivity contribution in [3.63, 3.8) is 0 Å². The van der Waals surface area contributed by atoms with E-state index in [1.165, 1.54) is 12.1 Å². The SMILES string of the molecule is Cc1ccc(C)c(C(O)c2cc(F)ccc2Br)c1. The van der Waals surface area contributed by atoms with Crippen molar-refractivity contribution in [2.45, 2.75) is 20.0 Å². The first-order valence-electron chi connectivity index (χ1n) is 5.69. The highest BCUT2D eigenvalue weighted by molar-refractivity contribution is 9.10. The highest BCUT2D eigenvalue weighted by atomic mass is 79.9. The molecule has 0 bridgehead atoms. The maximum Gasteiger partial charge on any atom is 0.123 e. The van der Waals surface area contributed by atoms with Crippen LogP contribution < -0.4 is 0 Å². The third-order valence-electron chi connectivity index (χ3n) is 2.98. The predicted molar refractivity (Wildman–Crippen MR) is 74.1 cm³/mol. The molecule has 94 valence electrons. The van der Waals surface area contributed by atoms with E-state index in [4.69, 9.17) is 0 Å². The van der Waals surface area contributed by atoms with E-state index >= 15 is 0 Å². The largest absolute Gasteiger partial charge is 0.384 e. The maximum atomic E-state index is 13.3. The molecular formula is C15H14BrFO. The molecule has 0 aliphatic heterocycles. The smallest absolute Gasteiger partial charge is 0.123 e. The zero-order valence-corrected chi connectivity index (χ0v) is 11.8. The number of hydrogen-bond donors (Lipinski definition) is 1. The van der Waals surface area contributed by atoms with Crippen LogP contribution in [-0.2, 0) is 0 Å². The predicted octanol–water partition coefficient (Wildman–Crippen LogP) is 4.29. The molecule has 0 aliphatic carbocycles. The lowest BCUT2D eigenvalue weighted by Gasteiger charge is -2.16. The Morgan fingerprint density at radius 1 is 1.06 bits per heavy atom. The number of aliphatic hydroxyl groups is 1. The van der Waals surface area contributed by atoms with Gasteiger partial charge in [0.05, 0.1) is 0 Å². The van der Waals surface area contributed by atoms with Gasteiger partial charge in [-0.2, -0.15) is 0 Å². The zero-order chi connectivity index (χ0) is 13.3. The standard InChI is InChI=1S/C15H14BrFO/c1-9-3-4-10(2)12(7-9)15(18)13-8-11(17)5-6-14(13)16/h3-8,15,18H,1-2H3. The molecule has 0 saturated heterocycles. The maximum absolute atomic E-state index is 13.3. The molecule has 18 heavy (non-hydrogen) atoms. The minimum Gasteiger partial charge on any atom is -0.384 e. The Balaban J connectivity index is 2.50. The van der Waals surface area contributed by atoms with Crippen molar-refractivity contribution in [3.8, 4) is 0 Å². The molecule has 0 fully saturated rings. The molecule has 1 nitrogen and oxygen atoms in total. The third-order valence-corrected chi connectivity index (χ3v) is 3.70. The first-order chi connectivity index (χ1) is 8.49. The quantitative estimate of drug-likeness (QED) is 0.877. The monoisotopic (exact) mass is 308 g/mol. The van der Waals surface area contributed by atoms with Gasteiger partial charge in [-0.3, -0.25) is 0 Å². The summed E-state index contributed by atoms with van der Waals surface area (Å²) >= 11 is 3.34. The number of halogens is 2. The van der Waals surface area contributed by atoms with Gasteiger partial charge in [-0.25, -0.2) is 4.39 Å². The normalized spacial score (nSPS) is 12.5. The highest BCUT2D eigenvalue weighted by Crippen LogP contribution is 2.31. The second-order valence-corrected chi connectivity index (χ2v) is 5.28. The lowest BCUT2D eigenvalue weighted by molar-refractivity contribution is 0.218. The Hall–Kier alpha value is -1.19. The van der Waals surface area contributed by atoms with E-state index in [1.54, 1.807) is 6.07 Å². The van der Waals surface area contributed by atoms with Crippen LogP contribution in [0.5, 0.6) is 0 Å². The summed E-state index contributed by atoms with van der Waals surface area (Å²) in [6.07, 6.45) is -0.824. The van der Waals surface area contributed by atoms with Crippen molar-refractivity contribution < 1.29 is 9.50 Å². The first kappa shape index (κ1) is 13.2. The van der Waals surface area contributed by atoms with E-state index in [0.717, 1.165) is 16.7 Å². The van der Waals surface area contributed by atoms with Crippen LogP contribution in [0.25, 0.3) is 0 Å². The second kappa shape index (κ2) is 5.21. The highest BCUT2D eigenvalue weighted by Gasteiger charge is 2.16. The van der Waals surface area contributed by atoms with Crippen LogP contribution in [0.2, 0.25) is 0 Å². The molecule has 3 heteroatoms. The number of hydrogen-bond acceptors (Lipinski definition) is 1. The summed E-state index contributed by atoms with van der Waals surface area (Å²) in [6, 6.07) is 10.2. The van der Waals surface area contributed by atoms with E-state index in [1.807, 2.05) is 32.0 Å². The molecule has 0 saturated carbocycles. The Labute approximate surface area is 114 Å². The molecule has 0 aliphatic rings. The summed E-state index contributed by atoms with van der Waals surface area (Å²) in [6.45, 7) is 3.90. The van der Waals surface area contributed by atoms with Gasteiger partial charge >= 0.3 is 0 Å². The Bertz CT molecular complexity index is 529. The summed E-state index contributed by atoms with van der Waals surface area (Å²) in [4.78, 5) is 0. The van der Waals surface area contributed by atoms with Gasteiger partial charge in [0.25, 0.3) is 0 Å². The van der Waals surface area contributed by atoms with Crippen molar-refractivity contribution >= 4 is 15.9 Å². The molecule has 2 aromatic carbocycles. The minimum absolute atomic E-state index is 0.349. The van der Waals surface area contributed by atoms with Crippen molar-refractivity contribution in [1.29, 1.82) is 0 Å². The minimum atomic E-state index is -0.824. The van der Waals surface area contributed by atoms with Gasteiger partial charge in [-0.05, 0) is 43.2 Å². The van der Waals surface area contributed by atoms with Gasteiger partial charge in [-0.1, -0.05) is 39.7 Å². The summed E-state index contributed by atoms with van der Waals surface area (Å²) in [5.41, 5.74) is 3.41. The van der Waals surface area contributed by atoms with Crippen LogP contribution >= 0.6 is 15.9 Å². The van der Waals surface area contributed by atoms with Crippen LogP contribution in [0.3, 0.4) is 0 Å². The molecule has 0 radical (unpaired) electrons. The van der Waals surface area contributed by atoms with Crippen LogP contribution in [-0.4, -0.2) is 5.11 Å². The molecule has 0 heterocycles. The van der Waals surface area contributed by atoms with Gasteiger partial charge in [0, 0.05) is 10.0 Å². The summed E-state index contributed by atoms with van der Waals surface area (Å²) in [7, 11) is 0. The Morgan fingerprint density at radius 2 is 1.78 bits per heavy atom. The van der Waals surface area contributed by atoms with Gasteiger partial charge in [-0.15, -0.1) is 0 Å². The van der Waals surface area contributed by atoms with Gasteiger partial charge in [0.1, 0.15) is 11.9 Å². The van der Waals surface area contributed by atoms with E-state index in [0.29, 0.717) is 10.0 Å². The van der Waals surface area contributed by atoms with Crippen molar-refractivity contribution in [2.75, 3.05) is 0 Å². The molecule has 1 atom stereocenters. The fourth-order valence-corrected chi connectivity index (χ4v) is 2.41. The van der Waals surface area contributed by atoms with Crippen molar-refractivity contribution in [3.05, 3.63) is 68.9 Å². The summed E-state index contributed by atoms with van der Waals surface area (Å²) in [5.74, 6) is -0.349. The lowest BCUT2D eigenvalue weighted by Crippen LogP contribution is -2.04. The first-order valence-corrected chi connectivity index (χ1v) is 6.48. The van der Waals surface area contributed by atoms with Crippen LogP contribution in [0.1, 0.15) is 28.4 Å². The second-order valence-electron chi connectivity index (χ2n) is 4.43. The lowest BCUT2D eigenvalue weighted by atomic mass is 9.96. The van der Waals surface area contributed by atoms with Gasteiger partial charge < -0.3 is 5.11 Å². The molecule has 2 rings (SSSR count). The number of benzene rings is 2. The molecular weight excluding hydrogens is 295 g/mol. The third kappa shape index (κ3) is 2.62. The average molecular weight is 309 g/mol. The number of aliphatic hydroxyl groups excluding tert-OH is 1. The summed E-state index contributed by atoms with van der Waals surface area (Å²) < 4.78 is 14.0. The Morgan fingerprint density at radius 3 is 2.50 bits per heavy atom. The summed E-state index contributed by atoms with van der Waals surface area (Å²) in [5, 5.41) is 10.4. The molecule has 2 aromatic rings. The number of rotatable bonds is 2. The van der Waals surface area contributed by atoms with E-state index in [2.05, 4.69) is 15.9 Å². The molecule has 1 N–H and O–H groups in total. The fraction of sp³-hybridized carbons (Fsp3) is 0.200. The van der Waals surface area contributed by atoms with Gasteiger partial charge in [0.15, 0.2) is 0 Å². The van der Waals surface area contributed by atoms with Crippen LogP contribution in [0, 0.1) is 19.7 Å². The van der Waals surface area contributed by atoms with E-state index in [9.17, 15) is 9.50 Å².